The number of hydrogen-bond donors (Lipinski definition) is 4. The lowest BCUT2D eigenvalue weighted by molar-refractivity contribution is -0.149. The Balaban J connectivity index is 1.53. The highest BCUT2D eigenvalue weighted by Crippen LogP contribution is 2.48. The summed E-state index contributed by atoms with van der Waals surface area (Å²) < 4.78 is 32.0. The molecule has 1 fully saturated rings. The summed E-state index contributed by atoms with van der Waals surface area (Å²) >= 11 is 0. The van der Waals surface area contributed by atoms with Crippen molar-refractivity contribution in [1.29, 1.82) is 0 Å². The summed E-state index contributed by atoms with van der Waals surface area (Å²) in [7, 11) is -4.13. The molecular formula is C24H31N6O7P. The maximum absolute atomic E-state index is 13.8. The number of esters is 1. The molecule has 5 N–H and O–H groups in total. The van der Waals surface area contributed by atoms with Gasteiger partial charge in [0.05, 0.1) is 31.2 Å². The molecule has 2 heterocycles. The van der Waals surface area contributed by atoms with E-state index in [1.807, 2.05) is 0 Å². The fourth-order valence-electron chi connectivity index (χ4n) is 4.23. The molecule has 0 radical (unpaired) electrons. The molecule has 0 amide bonds. The Bertz CT molecular complexity index is 1420. The van der Waals surface area contributed by atoms with Crippen molar-refractivity contribution in [3.05, 3.63) is 59.2 Å². The first-order chi connectivity index (χ1) is 18.0. The third kappa shape index (κ3) is 5.97. The van der Waals surface area contributed by atoms with E-state index in [1.54, 1.807) is 48.7 Å². The highest BCUT2D eigenvalue weighted by Gasteiger charge is 2.41. The number of hydrogen-bond acceptors (Lipinski definition) is 10. The predicted octanol–water partition coefficient (Wildman–Crippen LogP) is 2.31. The van der Waals surface area contributed by atoms with Gasteiger partial charge in [-0.15, -0.1) is 0 Å². The van der Waals surface area contributed by atoms with Crippen LogP contribution in [0.5, 0.6) is 5.75 Å². The molecule has 38 heavy (non-hydrogen) atoms. The number of aliphatic hydroxyl groups is 1. The molecule has 2 aromatic heterocycles. The average Bonchev–Trinajstić information content (AvgIpc) is 3.38. The summed E-state index contributed by atoms with van der Waals surface area (Å²) in [5.41, 5.74) is 6.13. The average molecular weight is 547 g/mol. The van der Waals surface area contributed by atoms with Crippen molar-refractivity contribution in [2.45, 2.75) is 51.5 Å². The van der Waals surface area contributed by atoms with Crippen molar-refractivity contribution in [2.24, 2.45) is 5.92 Å². The number of nitrogens with two attached hydrogens (primary N) is 1. The number of ether oxygens (including phenoxy) is 1. The molecule has 4 rings (SSSR count). The lowest BCUT2D eigenvalue weighted by Gasteiger charge is -2.25. The van der Waals surface area contributed by atoms with E-state index in [9.17, 15) is 19.3 Å². The van der Waals surface area contributed by atoms with Gasteiger partial charge in [0.25, 0.3) is 5.56 Å². The molecule has 1 aromatic carbocycles. The molecule has 0 saturated heterocycles. The molecule has 3 aromatic rings. The van der Waals surface area contributed by atoms with Gasteiger partial charge in [-0.3, -0.25) is 19.1 Å². The summed E-state index contributed by atoms with van der Waals surface area (Å²) in [5, 5.41) is 13.5. The number of carbonyl (C=O) groups excluding carboxylic acids is 1. The molecule has 0 spiro atoms. The maximum atomic E-state index is 13.8. The fraction of sp³-hybridized carbons (Fsp3) is 0.417. The second-order valence-electron chi connectivity index (χ2n) is 9.31. The third-order valence-electron chi connectivity index (χ3n) is 6.07. The number of aliphatic hydroxyl groups excluding tert-OH is 1. The highest BCUT2D eigenvalue weighted by atomic mass is 31.2. The van der Waals surface area contributed by atoms with Gasteiger partial charge in [0.15, 0.2) is 11.2 Å². The number of aromatic nitrogens is 4. The zero-order valence-corrected chi connectivity index (χ0v) is 22.1. The van der Waals surface area contributed by atoms with Gasteiger partial charge in [-0.2, -0.15) is 10.1 Å². The van der Waals surface area contributed by atoms with Gasteiger partial charge in [-0.1, -0.05) is 24.8 Å². The number of aromatic amines is 1. The van der Waals surface area contributed by atoms with Crippen LogP contribution in [0, 0.1) is 5.92 Å². The van der Waals surface area contributed by atoms with E-state index in [0.717, 1.165) is 0 Å². The number of anilines is 1. The summed E-state index contributed by atoms with van der Waals surface area (Å²) in [6.07, 6.45) is 0.375. The van der Waals surface area contributed by atoms with Crippen LogP contribution >= 0.6 is 7.75 Å². The van der Waals surface area contributed by atoms with Crippen molar-refractivity contribution in [3.63, 3.8) is 0 Å². The van der Waals surface area contributed by atoms with Crippen LogP contribution < -0.4 is 20.9 Å². The minimum atomic E-state index is -4.13. The monoisotopic (exact) mass is 546 g/mol. The number of nitrogen functional groups attached to an aromatic ring is 1. The van der Waals surface area contributed by atoms with Crippen molar-refractivity contribution >= 4 is 30.8 Å². The van der Waals surface area contributed by atoms with Gasteiger partial charge in [-0.25, -0.2) is 9.55 Å². The van der Waals surface area contributed by atoms with Crippen LogP contribution in [0.1, 0.15) is 33.2 Å². The second-order valence-corrected chi connectivity index (χ2v) is 11.0. The molecule has 1 aliphatic carbocycles. The normalized spacial score (nSPS) is 21.9. The van der Waals surface area contributed by atoms with Crippen LogP contribution in [-0.2, 0) is 18.6 Å². The zero-order chi connectivity index (χ0) is 27.6. The maximum Gasteiger partial charge on any atom is 0.459 e. The fourth-order valence-corrected chi connectivity index (χ4v) is 5.75. The van der Waals surface area contributed by atoms with Gasteiger partial charge < -0.3 is 24.7 Å². The third-order valence-corrected chi connectivity index (χ3v) is 7.71. The minimum absolute atomic E-state index is 0.0662. The number of rotatable bonds is 10. The molecule has 1 aliphatic rings. The number of nitrogens with one attached hydrogen (secondary N) is 2. The lowest BCUT2D eigenvalue weighted by Crippen LogP contribution is -2.36. The van der Waals surface area contributed by atoms with Crippen molar-refractivity contribution in [1.82, 2.24) is 24.6 Å². The summed E-state index contributed by atoms with van der Waals surface area (Å²) in [6, 6.07) is 6.87. The molecule has 5 atom stereocenters. The molecule has 1 saturated carbocycles. The number of carbonyl (C=O) groups is 1. The molecule has 1 unspecified atom stereocenters. The first kappa shape index (κ1) is 27.5. The number of nitrogens with zero attached hydrogens (tertiary/aromatic N) is 3. The van der Waals surface area contributed by atoms with Gasteiger partial charge >= 0.3 is 13.7 Å². The van der Waals surface area contributed by atoms with Crippen molar-refractivity contribution in [3.8, 4) is 5.75 Å². The Morgan fingerprint density at radius 2 is 2.05 bits per heavy atom. The topological polar surface area (TPSA) is 184 Å². The smallest absolute Gasteiger partial charge is 0.459 e. The second kappa shape index (κ2) is 11.1. The number of imidazole rings is 1. The van der Waals surface area contributed by atoms with Gasteiger partial charge in [-0.05, 0) is 44.9 Å². The van der Waals surface area contributed by atoms with Gasteiger partial charge in [0, 0.05) is 5.92 Å². The molecule has 204 valence electrons. The van der Waals surface area contributed by atoms with Crippen molar-refractivity contribution in [2.75, 3.05) is 12.3 Å². The Morgan fingerprint density at radius 3 is 2.74 bits per heavy atom. The Morgan fingerprint density at radius 1 is 1.34 bits per heavy atom. The first-order valence-electron chi connectivity index (χ1n) is 12.0. The highest BCUT2D eigenvalue weighted by molar-refractivity contribution is 7.52. The van der Waals surface area contributed by atoms with E-state index in [4.69, 9.17) is 19.5 Å². The van der Waals surface area contributed by atoms with Crippen LogP contribution in [0.15, 0.2) is 53.6 Å². The Hall–Kier alpha value is -3.51. The van der Waals surface area contributed by atoms with Gasteiger partial charge in [0.1, 0.15) is 11.8 Å². The summed E-state index contributed by atoms with van der Waals surface area (Å²) in [6.45, 7) is 8.78. The van der Waals surface area contributed by atoms with E-state index in [2.05, 4.69) is 26.6 Å². The predicted molar refractivity (Wildman–Crippen MR) is 139 cm³/mol. The van der Waals surface area contributed by atoms with Gasteiger partial charge in [0.2, 0.25) is 5.95 Å². The first-order valence-corrected chi connectivity index (χ1v) is 13.6. The number of para-hydroxylation sites is 1. The molecule has 0 bridgehead atoms. The van der Waals surface area contributed by atoms with E-state index < -0.39 is 43.4 Å². The van der Waals surface area contributed by atoms with E-state index in [0.29, 0.717) is 5.57 Å². The number of H-pyrrole nitrogens is 1. The quantitative estimate of drug-likeness (QED) is 0.166. The largest absolute Gasteiger partial charge is 0.462 e. The number of benzene rings is 1. The molecule has 0 aliphatic heterocycles. The zero-order valence-electron chi connectivity index (χ0n) is 21.2. The summed E-state index contributed by atoms with van der Waals surface area (Å²) in [4.78, 5) is 35.2. The molecule has 14 heteroatoms. The van der Waals surface area contributed by atoms with Crippen LogP contribution in [0.2, 0.25) is 0 Å². The van der Waals surface area contributed by atoms with Crippen molar-refractivity contribution < 1.29 is 28.3 Å². The standard InChI is InChI=1S/C24H31N6O7P/c1-13(2)36-23(33)15(4)29-38(34,37-16-8-6-5-7-9-16)35-11-17-14(3)18(10-19(17)31)30-12-26-20-21(30)27-24(25)28-22(20)32/h5-9,12-13,15,17-19,31H,3,10-11H2,1-2,4H3,(H,29,34)(H3,25,27,28,32)/t15?,17-,18-,19-,38-/m0/s1. The van der Waals surface area contributed by atoms with E-state index in [1.165, 1.54) is 13.3 Å². The lowest BCUT2D eigenvalue weighted by atomic mass is 10.0. The van der Waals surface area contributed by atoms with Crippen LogP contribution in [0.4, 0.5) is 5.95 Å². The number of fused-ring (bicyclic) bond motifs is 1. The Labute approximate surface area is 218 Å². The van der Waals surface area contributed by atoms with E-state index >= 15 is 0 Å². The molecular weight excluding hydrogens is 515 g/mol. The Kier molecular flexibility index (Phi) is 8.02. The van der Waals surface area contributed by atoms with E-state index in [-0.39, 0.29) is 42.0 Å². The minimum Gasteiger partial charge on any atom is -0.462 e. The van der Waals surface area contributed by atoms with Crippen LogP contribution in [0.3, 0.4) is 0 Å². The van der Waals surface area contributed by atoms with Crippen LogP contribution in [0.25, 0.3) is 11.2 Å². The molecule has 13 nitrogen and oxygen atoms in total. The van der Waals surface area contributed by atoms with Crippen LogP contribution in [-0.4, -0.2) is 55.5 Å². The SMILES string of the molecule is C=C1[C@H](CO[P@@](=O)(NC(C)C(=O)OC(C)C)Oc2ccccc2)[C@@H](O)C[C@@H]1n1cnc2c(=O)[nH]c(N)nc21. The summed E-state index contributed by atoms with van der Waals surface area (Å²) in [5.74, 6) is -1.08.